The normalized spacial score (nSPS) is 12.0. The van der Waals surface area contributed by atoms with Gasteiger partial charge in [0, 0.05) is 23.7 Å². The lowest BCUT2D eigenvalue weighted by molar-refractivity contribution is -0.139. The molecule has 0 aromatic heterocycles. The highest BCUT2D eigenvalue weighted by Crippen LogP contribution is 2.34. The number of ether oxygens (including phenoxy) is 2. The fraction of sp³-hybridized carbons (Fsp3) is 0.310. The van der Waals surface area contributed by atoms with Crippen molar-refractivity contribution >= 4 is 39.1 Å². The Morgan fingerprint density at radius 2 is 1.57 bits per heavy atom. The van der Waals surface area contributed by atoms with E-state index in [2.05, 4.69) is 5.32 Å². The summed E-state index contributed by atoms with van der Waals surface area (Å²) in [4.78, 5) is 28.3. The van der Waals surface area contributed by atoms with Crippen molar-refractivity contribution in [1.29, 1.82) is 0 Å². The lowest BCUT2D eigenvalue weighted by Crippen LogP contribution is -2.52. The number of hydrogen-bond acceptors (Lipinski definition) is 6. The molecule has 11 heteroatoms. The molecule has 2 amide bonds. The van der Waals surface area contributed by atoms with Crippen molar-refractivity contribution in [2.75, 3.05) is 25.1 Å². The quantitative estimate of drug-likeness (QED) is 0.335. The Kier molecular flexibility index (Phi) is 10.4. The first-order chi connectivity index (χ1) is 19.0. The largest absolute Gasteiger partial charge is 0.493 e. The highest BCUT2D eigenvalue weighted by Gasteiger charge is 2.33. The van der Waals surface area contributed by atoms with Crippen molar-refractivity contribution in [3.8, 4) is 11.5 Å². The maximum atomic E-state index is 14.0. The second kappa shape index (κ2) is 13.5. The molecule has 1 atom stereocenters. The van der Waals surface area contributed by atoms with E-state index in [-0.39, 0.29) is 29.1 Å². The molecular formula is C29H34ClN3O6S. The average Bonchev–Trinajstić information content (AvgIpc) is 2.93. The maximum absolute atomic E-state index is 14.0. The van der Waals surface area contributed by atoms with E-state index in [1.54, 1.807) is 55.5 Å². The predicted octanol–water partition coefficient (Wildman–Crippen LogP) is 4.49. The van der Waals surface area contributed by atoms with Gasteiger partial charge >= 0.3 is 0 Å². The zero-order valence-electron chi connectivity index (χ0n) is 23.1. The molecule has 0 saturated carbocycles. The Bertz CT molecular complexity index is 1430. The number of sulfonamides is 1. The zero-order valence-corrected chi connectivity index (χ0v) is 24.7. The van der Waals surface area contributed by atoms with Crippen molar-refractivity contribution in [2.45, 2.75) is 44.3 Å². The van der Waals surface area contributed by atoms with Gasteiger partial charge in [0.1, 0.15) is 12.6 Å². The monoisotopic (exact) mass is 587 g/mol. The molecule has 0 radical (unpaired) electrons. The number of amides is 2. The summed E-state index contributed by atoms with van der Waals surface area (Å²) < 4.78 is 39.5. The third-order valence-corrected chi connectivity index (χ3v) is 8.13. The van der Waals surface area contributed by atoms with Crippen LogP contribution in [-0.4, -0.2) is 58.0 Å². The summed E-state index contributed by atoms with van der Waals surface area (Å²) in [6.07, 6.45) is 0. The number of nitrogens with zero attached hydrogens (tertiary/aromatic N) is 2. The molecule has 1 N–H and O–H groups in total. The third kappa shape index (κ3) is 7.45. The van der Waals surface area contributed by atoms with Crippen LogP contribution in [0.2, 0.25) is 5.02 Å². The van der Waals surface area contributed by atoms with Gasteiger partial charge in [0.05, 0.1) is 24.8 Å². The van der Waals surface area contributed by atoms with E-state index in [0.29, 0.717) is 22.1 Å². The van der Waals surface area contributed by atoms with Gasteiger partial charge < -0.3 is 19.7 Å². The first kappa shape index (κ1) is 30.8. The van der Waals surface area contributed by atoms with E-state index in [4.69, 9.17) is 21.1 Å². The number of rotatable bonds is 12. The minimum absolute atomic E-state index is 0.00424. The molecule has 3 aromatic rings. The standard InChI is InChI=1S/C29H34ClN3O6S/c1-20(2)31-29(35)21(3)32(18-22-10-9-11-23(30)16-22)28(34)19-33(40(36,37)25-12-7-6-8-13-25)24-14-15-26(38-4)27(17-24)39-5/h6-17,20-21H,18-19H2,1-5H3,(H,31,35)/t21-/m1/s1. The van der Waals surface area contributed by atoms with Crippen LogP contribution in [0.25, 0.3) is 0 Å². The first-order valence-electron chi connectivity index (χ1n) is 12.6. The smallest absolute Gasteiger partial charge is 0.264 e. The molecule has 214 valence electrons. The summed E-state index contributed by atoms with van der Waals surface area (Å²) in [6.45, 7) is 4.70. The summed E-state index contributed by atoms with van der Waals surface area (Å²) in [5, 5.41) is 3.30. The van der Waals surface area contributed by atoms with Crippen LogP contribution in [0, 0.1) is 0 Å². The Labute approximate surface area is 240 Å². The van der Waals surface area contributed by atoms with E-state index in [1.807, 2.05) is 13.8 Å². The Balaban J connectivity index is 2.08. The molecule has 0 aliphatic heterocycles. The number of methoxy groups -OCH3 is 2. The van der Waals surface area contributed by atoms with Crippen LogP contribution in [0.1, 0.15) is 26.3 Å². The topological polar surface area (TPSA) is 105 Å². The maximum Gasteiger partial charge on any atom is 0.264 e. The molecule has 0 heterocycles. The molecule has 0 spiro atoms. The lowest BCUT2D eigenvalue weighted by atomic mass is 10.1. The van der Waals surface area contributed by atoms with Crippen molar-refractivity contribution in [2.24, 2.45) is 0 Å². The molecule has 0 unspecified atom stereocenters. The number of carbonyl (C=O) groups excluding carboxylic acids is 2. The third-order valence-electron chi connectivity index (χ3n) is 6.11. The molecule has 0 bridgehead atoms. The van der Waals surface area contributed by atoms with Crippen LogP contribution in [0.4, 0.5) is 5.69 Å². The van der Waals surface area contributed by atoms with Crippen LogP contribution >= 0.6 is 11.6 Å². The second-order valence-corrected chi connectivity index (χ2v) is 11.7. The van der Waals surface area contributed by atoms with Crippen molar-refractivity contribution in [3.63, 3.8) is 0 Å². The van der Waals surface area contributed by atoms with E-state index in [9.17, 15) is 18.0 Å². The van der Waals surface area contributed by atoms with Gasteiger partial charge in [-0.05, 0) is 62.7 Å². The second-order valence-electron chi connectivity index (χ2n) is 9.35. The highest BCUT2D eigenvalue weighted by atomic mass is 35.5. The van der Waals surface area contributed by atoms with Gasteiger partial charge in [0.15, 0.2) is 11.5 Å². The van der Waals surface area contributed by atoms with Gasteiger partial charge in [-0.2, -0.15) is 0 Å². The Morgan fingerprint density at radius 3 is 2.17 bits per heavy atom. The molecule has 9 nitrogen and oxygen atoms in total. The van der Waals surface area contributed by atoms with E-state index in [0.717, 1.165) is 4.31 Å². The summed E-state index contributed by atoms with van der Waals surface area (Å²) in [5.41, 5.74) is 0.880. The van der Waals surface area contributed by atoms with Gasteiger partial charge in [0.25, 0.3) is 10.0 Å². The van der Waals surface area contributed by atoms with Crippen LogP contribution in [-0.2, 0) is 26.2 Å². The first-order valence-corrected chi connectivity index (χ1v) is 14.4. The van der Waals surface area contributed by atoms with Gasteiger partial charge in [-0.1, -0.05) is 41.9 Å². The summed E-state index contributed by atoms with van der Waals surface area (Å²) in [7, 11) is -1.30. The van der Waals surface area contributed by atoms with Crippen LogP contribution < -0.4 is 19.1 Å². The van der Waals surface area contributed by atoms with Crippen LogP contribution in [0.3, 0.4) is 0 Å². The molecule has 0 aliphatic rings. The predicted molar refractivity (Wildman–Crippen MR) is 155 cm³/mol. The molecule has 3 rings (SSSR count). The average molecular weight is 588 g/mol. The molecule has 40 heavy (non-hydrogen) atoms. The van der Waals surface area contributed by atoms with E-state index >= 15 is 0 Å². The van der Waals surface area contributed by atoms with Crippen molar-refractivity contribution < 1.29 is 27.5 Å². The van der Waals surface area contributed by atoms with Gasteiger partial charge in [-0.15, -0.1) is 0 Å². The number of carbonyl (C=O) groups is 2. The van der Waals surface area contributed by atoms with Gasteiger partial charge in [-0.3, -0.25) is 13.9 Å². The van der Waals surface area contributed by atoms with Crippen molar-refractivity contribution in [3.05, 3.63) is 83.4 Å². The molecule has 0 saturated heterocycles. The fourth-order valence-electron chi connectivity index (χ4n) is 4.05. The number of benzene rings is 3. The number of hydrogen-bond donors (Lipinski definition) is 1. The summed E-state index contributed by atoms with van der Waals surface area (Å²) in [6, 6.07) is 18.3. The molecule has 0 fully saturated rings. The van der Waals surface area contributed by atoms with Gasteiger partial charge in [0.2, 0.25) is 11.8 Å². The number of halogens is 1. The minimum Gasteiger partial charge on any atom is -0.493 e. The number of nitrogens with one attached hydrogen (secondary N) is 1. The molecular weight excluding hydrogens is 554 g/mol. The molecule has 3 aromatic carbocycles. The van der Waals surface area contributed by atoms with Gasteiger partial charge in [-0.25, -0.2) is 8.42 Å². The molecule has 0 aliphatic carbocycles. The highest BCUT2D eigenvalue weighted by molar-refractivity contribution is 7.92. The fourth-order valence-corrected chi connectivity index (χ4v) is 5.69. The number of anilines is 1. The van der Waals surface area contributed by atoms with Crippen molar-refractivity contribution in [1.82, 2.24) is 10.2 Å². The van der Waals surface area contributed by atoms with Crippen LogP contribution in [0.15, 0.2) is 77.7 Å². The lowest BCUT2D eigenvalue weighted by Gasteiger charge is -2.32. The van der Waals surface area contributed by atoms with E-state index in [1.165, 1.54) is 43.4 Å². The van der Waals surface area contributed by atoms with Crippen LogP contribution in [0.5, 0.6) is 11.5 Å². The minimum atomic E-state index is -4.20. The summed E-state index contributed by atoms with van der Waals surface area (Å²) >= 11 is 6.17. The Hall–Kier alpha value is -3.76. The van der Waals surface area contributed by atoms with E-state index < -0.39 is 28.5 Å². The zero-order chi connectivity index (χ0) is 29.4. The Morgan fingerprint density at radius 1 is 0.900 bits per heavy atom. The summed E-state index contributed by atoms with van der Waals surface area (Å²) in [5.74, 6) is -0.257. The SMILES string of the molecule is COc1ccc(N(CC(=O)N(Cc2cccc(Cl)c2)[C@H](C)C(=O)NC(C)C)S(=O)(=O)c2ccccc2)cc1OC.